The van der Waals surface area contributed by atoms with Gasteiger partial charge in [-0.25, -0.2) is 0 Å². The van der Waals surface area contributed by atoms with Crippen LogP contribution in [-0.2, 0) is 49.6 Å². The Balaban J connectivity index is 2.71. The second-order valence-corrected chi connectivity index (χ2v) is 20.7. The molecule has 0 unspecified atom stereocenters. The third kappa shape index (κ3) is 25.9. The number of nitrogens with one attached hydrogen (secondary N) is 9. The molecule has 1 fully saturated rings. The van der Waals surface area contributed by atoms with Crippen molar-refractivity contribution in [2.75, 3.05) is 32.7 Å². The van der Waals surface area contributed by atoms with E-state index in [4.69, 9.17) is 22.9 Å². The Bertz CT molecular complexity index is 1960. The van der Waals surface area contributed by atoms with E-state index >= 15 is 0 Å². The SMILES string of the molecule is CCCCCCC[C@@H](O)CC(=O)N[C@H](CCCCN)C(=O)N[C@H]1CCNC(=O)[C@H](CC(C)C)NC(=O)[C@H](CCN)NC(=O)[C@H](CCN)NC(=O)[C@H](CC(C)C)NC(=O)[C@@H](Cc2ccccc2)NC(=O)[C@H](CCN)NC1=O. The molecular formula is C53H93N13O10. The molecule has 9 amide bonds. The van der Waals surface area contributed by atoms with Crippen molar-refractivity contribution in [2.24, 2.45) is 34.8 Å². The molecule has 1 aliphatic rings. The highest BCUT2D eigenvalue weighted by atomic mass is 16.3. The summed E-state index contributed by atoms with van der Waals surface area (Å²) in [5, 5.41) is 35.1. The number of carbonyl (C=O) groups is 9. The molecule has 1 heterocycles. The lowest BCUT2D eigenvalue weighted by atomic mass is 10.00. The van der Waals surface area contributed by atoms with E-state index in [9.17, 15) is 48.3 Å². The summed E-state index contributed by atoms with van der Waals surface area (Å²) in [6.07, 6.45) is 4.80. The van der Waals surface area contributed by atoms with E-state index < -0.39 is 108 Å². The largest absolute Gasteiger partial charge is 0.393 e. The molecule has 1 aliphatic heterocycles. The first-order valence-electron chi connectivity index (χ1n) is 27.5. The lowest BCUT2D eigenvalue weighted by Gasteiger charge is -2.28. The molecule has 18 N–H and O–H groups in total. The minimum absolute atomic E-state index is 0.0451. The average molecular weight is 1070 g/mol. The van der Waals surface area contributed by atoms with Gasteiger partial charge in [-0.15, -0.1) is 0 Å². The molecule has 1 aromatic carbocycles. The molecule has 0 spiro atoms. The minimum atomic E-state index is -1.45. The topological polar surface area (TPSA) is 386 Å². The standard InChI is InChI=1S/C53H93N13O10/c1-6-7-8-9-13-18-36(67)32-45(68)59-37(19-14-15-24-54)47(70)63-41-23-28-58-46(69)42(29-33(2)3)64-49(72)39(21-26-56)60-48(71)38(20-25-55)62-52(75)43(30-34(4)5)65-53(76)44(31-35-16-11-10-12-17-35)66-50(73)40(22-27-57)61-51(41)74/h10-12,16-17,33-34,36-44,67H,6-9,13-15,18-32,54-57H2,1-5H3,(H,58,69)(H,59,68)(H,60,71)(H,61,74)(H,62,75)(H,63,70)(H,64,72)(H,65,76)(H,66,73)/t36-,37-,38+,39+,40+,41+,42+,43+,44-/m1/s1. The fourth-order valence-corrected chi connectivity index (χ4v) is 8.72. The number of unbranched alkanes of at least 4 members (excludes halogenated alkanes) is 5. The predicted octanol–water partition coefficient (Wildman–Crippen LogP) is -0.994. The molecule has 0 aromatic heterocycles. The van der Waals surface area contributed by atoms with Crippen LogP contribution in [0.25, 0.3) is 0 Å². The van der Waals surface area contributed by atoms with Gasteiger partial charge in [-0.1, -0.05) is 97.1 Å². The lowest BCUT2D eigenvalue weighted by molar-refractivity contribution is -0.136. The fraction of sp³-hybridized carbons (Fsp3) is 0.717. The fourth-order valence-electron chi connectivity index (χ4n) is 8.72. The molecule has 430 valence electrons. The highest BCUT2D eigenvalue weighted by Crippen LogP contribution is 2.13. The van der Waals surface area contributed by atoms with Gasteiger partial charge >= 0.3 is 0 Å². The van der Waals surface area contributed by atoms with Gasteiger partial charge in [0.2, 0.25) is 53.2 Å². The zero-order valence-electron chi connectivity index (χ0n) is 45.7. The maximum Gasteiger partial charge on any atom is 0.243 e. The van der Waals surface area contributed by atoms with Crippen LogP contribution in [0.4, 0.5) is 0 Å². The molecule has 0 saturated carbocycles. The van der Waals surface area contributed by atoms with Gasteiger partial charge in [-0.2, -0.15) is 0 Å². The van der Waals surface area contributed by atoms with Crippen molar-refractivity contribution >= 4 is 53.2 Å². The lowest BCUT2D eigenvalue weighted by Crippen LogP contribution is -2.61. The zero-order chi connectivity index (χ0) is 56.6. The summed E-state index contributed by atoms with van der Waals surface area (Å²) in [5.41, 5.74) is 24.2. The summed E-state index contributed by atoms with van der Waals surface area (Å²) in [7, 11) is 0. The summed E-state index contributed by atoms with van der Waals surface area (Å²) in [6, 6.07) is -1.45. The van der Waals surface area contributed by atoms with Gasteiger partial charge in [0.25, 0.3) is 0 Å². The molecule has 76 heavy (non-hydrogen) atoms. The Kier molecular flexibility index (Phi) is 32.4. The van der Waals surface area contributed by atoms with Gasteiger partial charge in [-0.05, 0) is 108 Å². The molecule has 2 rings (SSSR count). The Hall–Kier alpha value is -5.75. The van der Waals surface area contributed by atoms with E-state index in [1.807, 2.05) is 27.7 Å². The number of aliphatic hydroxyl groups excluding tert-OH is 1. The monoisotopic (exact) mass is 1070 g/mol. The highest BCUT2D eigenvalue weighted by Gasteiger charge is 2.36. The van der Waals surface area contributed by atoms with Crippen molar-refractivity contribution < 1.29 is 48.3 Å². The quantitative estimate of drug-likeness (QED) is 0.0471. The van der Waals surface area contributed by atoms with Crippen molar-refractivity contribution in [2.45, 2.75) is 198 Å². The van der Waals surface area contributed by atoms with Crippen molar-refractivity contribution in [3.63, 3.8) is 0 Å². The maximum atomic E-state index is 14.5. The maximum absolute atomic E-state index is 14.5. The molecule has 0 radical (unpaired) electrons. The average Bonchev–Trinajstić information content (AvgIpc) is 3.36. The summed E-state index contributed by atoms with van der Waals surface area (Å²) in [6.45, 7) is 9.30. The highest BCUT2D eigenvalue weighted by molar-refractivity contribution is 5.98. The van der Waals surface area contributed by atoms with Crippen LogP contribution in [0.15, 0.2) is 30.3 Å². The first-order chi connectivity index (χ1) is 36.3. The van der Waals surface area contributed by atoms with Crippen LogP contribution in [0.5, 0.6) is 0 Å². The van der Waals surface area contributed by atoms with Crippen molar-refractivity contribution in [3.05, 3.63) is 35.9 Å². The van der Waals surface area contributed by atoms with E-state index in [1.54, 1.807) is 30.3 Å². The van der Waals surface area contributed by atoms with Crippen LogP contribution in [0.1, 0.15) is 143 Å². The van der Waals surface area contributed by atoms with Gasteiger partial charge in [0, 0.05) is 13.0 Å². The third-order valence-corrected chi connectivity index (χ3v) is 12.9. The van der Waals surface area contributed by atoms with Crippen LogP contribution >= 0.6 is 0 Å². The zero-order valence-corrected chi connectivity index (χ0v) is 45.7. The predicted molar refractivity (Wildman–Crippen MR) is 290 cm³/mol. The van der Waals surface area contributed by atoms with Crippen LogP contribution in [0, 0.1) is 11.8 Å². The van der Waals surface area contributed by atoms with Crippen LogP contribution < -0.4 is 70.8 Å². The van der Waals surface area contributed by atoms with E-state index in [2.05, 4.69) is 54.8 Å². The molecule has 0 bridgehead atoms. The van der Waals surface area contributed by atoms with Gasteiger partial charge < -0.3 is 75.9 Å². The second kappa shape index (κ2) is 37.1. The molecule has 23 nitrogen and oxygen atoms in total. The van der Waals surface area contributed by atoms with Crippen LogP contribution in [0.3, 0.4) is 0 Å². The van der Waals surface area contributed by atoms with E-state index in [0.717, 1.165) is 32.1 Å². The molecule has 0 aliphatic carbocycles. The summed E-state index contributed by atoms with van der Waals surface area (Å²) in [5.74, 6) is -6.93. The first-order valence-corrected chi connectivity index (χ1v) is 27.5. The Labute approximate surface area is 449 Å². The molecule has 1 saturated heterocycles. The number of nitrogens with two attached hydrogens (primary N) is 4. The van der Waals surface area contributed by atoms with E-state index in [1.165, 1.54) is 0 Å². The first kappa shape index (κ1) is 66.4. The number of benzene rings is 1. The van der Waals surface area contributed by atoms with Gasteiger partial charge in [0.15, 0.2) is 0 Å². The number of amides is 9. The van der Waals surface area contributed by atoms with E-state index in [0.29, 0.717) is 31.4 Å². The molecular weight excluding hydrogens is 979 g/mol. The van der Waals surface area contributed by atoms with E-state index in [-0.39, 0.29) is 95.8 Å². The number of aliphatic hydroxyl groups is 1. The molecule has 9 atom stereocenters. The van der Waals surface area contributed by atoms with Gasteiger partial charge in [-0.3, -0.25) is 43.2 Å². The third-order valence-electron chi connectivity index (χ3n) is 12.9. The minimum Gasteiger partial charge on any atom is -0.393 e. The van der Waals surface area contributed by atoms with Crippen molar-refractivity contribution in [3.8, 4) is 0 Å². The molecule has 1 aromatic rings. The van der Waals surface area contributed by atoms with Gasteiger partial charge in [0.05, 0.1) is 12.5 Å². The van der Waals surface area contributed by atoms with Gasteiger partial charge in [0.1, 0.15) is 48.3 Å². The Morgan fingerprint density at radius 2 is 1.04 bits per heavy atom. The Morgan fingerprint density at radius 1 is 0.579 bits per heavy atom. The van der Waals surface area contributed by atoms with Crippen LogP contribution in [0.2, 0.25) is 0 Å². The Morgan fingerprint density at radius 3 is 1.55 bits per heavy atom. The smallest absolute Gasteiger partial charge is 0.243 e. The number of hydrogen-bond acceptors (Lipinski definition) is 14. The number of carbonyl (C=O) groups excluding carboxylic acids is 9. The normalized spacial score (nSPS) is 22.7. The van der Waals surface area contributed by atoms with Crippen molar-refractivity contribution in [1.82, 2.24) is 47.9 Å². The van der Waals surface area contributed by atoms with Crippen molar-refractivity contribution in [1.29, 1.82) is 0 Å². The summed E-state index contributed by atoms with van der Waals surface area (Å²) in [4.78, 5) is 127. The molecule has 23 heteroatoms. The number of rotatable bonds is 27. The number of hydrogen-bond donors (Lipinski definition) is 14. The second-order valence-electron chi connectivity index (χ2n) is 20.7. The van der Waals surface area contributed by atoms with Crippen LogP contribution in [-0.4, -0.2) is 145 Å². The summed E-state index contributed by atoms with van der Waals surface area (Å²) >= 11 is 0. The summed E-state index contributed by atoms with van der Waals surface area (Å²) < 4.78 is 0.